The zero-order valence-corrected chi connectivity index (χ0v) is 18.8. The average molecular weight is 454 g/mol. The van der Waals surface area contributed by atoms with Gasteiger partial charge in [0.1, 0.15) is 23.0 Å². The topological polar surface area (TPSA) is 80.0 Å². The van der Waals surface area contributed by atoms with Crippen molar-refractivity contribution >= 4 is 26.5 Å². The molecule has 3 aromatic carbocycles. The lowest BCUT2D eigenvalue weighted by molar-refractivity contribution is -0.139. The quantitative estimate of drug-likeness (QED) is 0.328. The predicted octanol–water partition coefficient (Wildman–Crippen LogP) is 4.07. The van der Waals surface area contributed by atoms with Crippen molar-refractivity contribution in [2.24, 2.45) is 5.73 Å². The number of para-hydroxylation sites is 2. The minimum absolute atomic E-state index is 0.249. The van der Waals surface area contributed by atoms with Crippen molar-refractivity contribution in [3.8, 4) is 23.0 Å². The van der Waals surface area contributed by atoms with Gasteiger partial charge in [-0.3, -0.25) is 0 Å². The summed E-state index contributed by atoms with van der Waals surface area (Å²) in [7, 11) is -4.05. The van der Waals surface area contributed by atoms with Crippen molar-refractivity contribution in [3.05, 3.63) is 84.9 Å². The molecule has 2 N–H and O–H groups in total. The number of rotatable bonds is 7. The van der Waals surface area contributed by atoms with Gasteiger partial charge >= 0.3 is 14.8 Å². The SMILES string of the molecule is CSCCC1(N)C(=O)Oc2ccc(cc2)O[Si]1(Oc1ccccc1)Oc1ccccc1. The molecule has 3 aromatic rings. The highest BCUT2D eigenvalue weighted by Crippen LogP contribution is 2.35. The Labute approximate surface area is 186 Å². The molecule has 2 heterocycles. The fourth-order valence-electron chi connectivity index (χ4n) is 3.20. The predicted molar refractivity (Wildman–Crippen MR) is 123 cm³/mol. The molecule has 0 aromatic heterocycles. The first kappa shape index (κ1) is 21.3. The first-order valence-electron chi connectivity index (χ1n) is 9.82. The summed E-state index contributed by atoms with van der Waals surface area (Å²) < 4.78 is 24.9. The molecule has 1 unspecified atom stereocenters. The van der Waals surface area contributed by atoms with Crippen molar-refractivity contribution in [2.45, 2.75) is 11.6 Å². The Balaban J connectivity index is 1.89. The standard InChI is InChI=1S/C23H23NO5SSi/c1-30-17-16-23(24)22(25)26-18-12-14-21(15-13-18)29-31(23,27-19-8-4-2-5-9-19)28-20-10-6-3-7-11-20/h2-15H,16-17,24H2,1H3. The molecule has 31 heavy (non-hydrogen) atoms. The first-order valence-corrected chi connectivity index (χ1v) is 12.9. The Morgan fingerprint density at radius 1 is 0.871 bits per heavy atom. The Bertz CT molecular complexity index is 972. The van der Waals surface area contributed by atoms with E-state index in [1.54, 1.807) is 60.3 Å². The molecule has 0 fully saturated rings. The van der Waals surface area contributed by atoms with Crippen LogP contribution >= 0.6 is 11.8 Å². The third-order valence-corrected chi connectivity index (χ3v) is 8.56. The molecule has 5 rings (SSSR count). The molecule has 2 aliphatic rings. The molecule has 1 atom stereocenters. The third kappa shape index (κ3) is 4.41. The average Bonchev–Trinajstić information content (AvgIpc) is 2.85. The van der Waals surface area contributed by atoms with Crippen molar-refractivity contribution in [1.29, 1.82) is 0 Å². The van der Waals surface area contributed by atoms with Crippen molar-refractivity contribution in [2.75, 3.05) is 12.0 Å². The highest BCUT2D eigenvalue weighted by Gasteiger charge is 2.72. The van der Waals surface area contributed by atoms with E-state index in [2.05, 4.69) is 0 Å². The molecular formula is C23H23NO5SSi. The Morgan fingerprint density at radius 2 is 1.39 bits per heavy atom. The van der Waals surface area contributed by atoms with E-state index in [-0.39, 0.29) is 6.42 Å². The fourth-order valence-corrected chi connectivity index (χ4v) is 6.65. The lowest BCUT2D eigenvalue weighted by Crippen LogP contribution is -2.79. The Hall–Kier alpha value is -2.94. The number of carbonyl (C=O) groups excluding carboxylic acids is 1. The minimum Gasteiger partial charge on any atom is -0.482 e. The number of thioether (sulfide) groups is 1. The van der Waals surface area contributed by atoms with Gasteiger partial charge in [0.25, 0.3) is 0 Å². The van der Waals surface area contributed by atoms with Crippen LogP contribution in [0, 0.1) is 0 Å². The summed E-state index contributed by atoms with van der Waals surface area (Å²) >= 11 is 1.57. The number of hydrogen-bond donors (Lipinski definition) is 1. The summed E-state index contributed by atoms with van der Waals surface area (Å²) in [4.78, 5) is 13.5. The molecule has 8 heteroatoms. The molecule has 6 nitrogen and oxygen atoms in total. The molecule has 0 saturated carbocycles. The molecule has 0 aliphatic carbocycles. The summed E-state index contributed by atoms with van der Waals surface area (Å²) in [5.41, 5.74) is 6.87. The molecule has 0 radical (unpaired) electrons. The number of ether oxygens (including phenoxy) is 1. The van der Waals surface area contributed by atoms with Gasteiger partial charge in [0.15, 0.2) is 0 Å². The van der Waals surface area contributed by atoms with E-state index in [0.29, 0.717) is 28.8 Å². The summed E-state index contributed by atoms with van der Waals surface area (Å²) in [6.45, 7) is 0. The fraction of sp³-hybridized carbons (Fsp3) is 0.174. The second-order valence-corrected chi connectivity index (χ2v) is 10.7. The van der Waals surface area contributed by atoms with Gasteiger partial charge in [0.05, 0.1) is 0 Å². The van der Waals surface area contributed by atoms with Crippen LogP contribution in [0.3, 0.4) is 0 Å². The zero-order chi connectivity index (χ0) is 21.7. The number of esters is 1. The lowest BCUT2D eigenvalue weighted by Gasteiger charge is -2.39. The number of carbonyl (C=O) groups is 1. The normalized spacial score (nSPS) is 19.4. The van der Waals surface area contributed by atoms with Crippen LogP contribution < -0.4 is 23.7 Å². The van der Waals surface area contributed by atoms with Gasteiger partial charge in [0, 0.05) is 0 Å². The van der Waals surface area contributed by atoms with Gasteiger partial charge in [-0.25, -0.2) is 4.79 Å². The van der Waals surface area contributed by atoms with E-state index in [9.17, 15) is 4.79 Å². The van der Waals surface area contributed by atoms with Crippen LogP contribution in [0.5, 0.6) is 23.0 Å². The van der Waals surface area contributed by atoms with Crippen LogP contribution in [0.15, 0.2) is 84.9 Å². The maximum Gasteiger partial charge on any atom is 0.732 e. The highest BCUT2D eigenvalue weighted by atomic mass is 32.2. The molecule has 0 saturated heterocycles. The van der Waals surface area contributed by atoms with E-state index in [1.807, 2.05) is 42.7 Å². The maximum atomic E-state index is 13.5. The second-order valence-electron chi connectivity index (χ2n) is 7.06. The largest absolute Gasteiger partial charge is 0.732 e. The van der Waals surface area contributed by atoms with Crippen LogP contribution in [0.1, 0.15) is 6.42 Å². The van der Waals surface area contributed by atoms with Gasteiger partial charge < -0.3 is 23.7 Å². The number of fused-ring (bicyclic) bond motifs is 6. The number of nitrogens with two attached hydrogens (primary N) is 1. The van der Waals surface area contributed by atoms with Crippen LogP contribution in [-0.2, 0) is 4.79 Å². The smallest absolute Gasteiger partial charge is 0.482 e. The molecular weight excluding hydrogens is 430 g/mol. The van der Waals surface area contributed by atoms with E-state index in [4.69, 9.17) is 23.7 Å². The third-order valence-electron chi connectivity index (χ3n) is 4.89. The van der Waals surface area contributed by atoms with Gasteiger partial charge in [-0.2, -0.15) is 11.8 Å². The van der Waals surface area contributed by atoms with Crippen LogP contribution in [-0.4, -0.2) is 31.9 Å². The summed E-state index contributed by atoms with van der Waals surface area (Å²) in [5.74, 6) is 1.80. The monoisotopic (exact) mass is 453 g/mol. The Morgan fingerprint density at radius 3 is 1.90 bits per heavy atom. The van der Waals surface area contributed by atoms with Crippen molar-refractivity contribution < 1.29 is 22.8 Å². The summed E-state index contributed by atoms with van der Waals surface area (Å²) in [5, 5.41) is -1.66. The van der Waals surface area contributed by atoms with Gasteiger partial charge in [-0.1, -0.05) is 36.4 Å². The van der Waals surface area contributed by atoms with Crippen molar-refractivity contribution in [3.63, 3.8) is 0 Å². The zero-order valence-electron chi connectivity index (χ0n) is 17.0. The van der Waals surface area contributed by atoms with E-state index >= 15 is 0 Å². The van der Waals surface area contributed by atoms with E-state index in [1.165, 1.54) is 0 Å². The summed E-state index contributed by atoms with van der Waals surface area (Å²) in [6, 6.07) is 25.0. The molecule has 0 amide bonds. The van der Waals surface area contributed by atoms with Crippen LogP contribution in [0.4, 0.5) is 0 Å². The van der Waals surface area contributed by atoms with Gasteiger partial charge in [-0.05, 0) is 67.0 Å². The molecule has 160 valence electrons. The number of hydrogen-bond acceptors (Lipinski definition) is 7. The van der Waals surface area contributed by atoms with Crippen LogP contribution in [0.2, 0.25) is 0 Å². The van der Waals surface area contributed by atoms with Crippen molar-refractivity contribution in [1.82, 2.24) is 0 Å². The second kappa shape index (κ2) is 9.05. The molecule has 0 spiro atoms. The van der Waals surface area contributed by atoms with Gasteiger partial charge in [-0.15, -0.1) is 0 Å². The lowest BCUT2D eigenvalue weighted by atomic mass is 10.2. The first-order chi connectivity index (χ1) is 15.0. The maximum absolute atomic E-state index is 13.5. The molecule has 2 aliphatic heterocycles. The Kier molecular flexibility index (Phi) is 6.22. The molecule has 2 bridgehead atoms. The highest BCUT2D eigenvalue weighted by molar-refractivity contribution is 7.98. The number of benzene rings is 3. The van der Waals surface area contributed by atoms with E-state index in [0.717, 1.165) is 0 Å². The van der Waals surface area contributed by atoms with Crippen LogP contribution in [0.25, 0.3) is 0 Å². The van der Waals surface area contributed by atoms with E-state index < -0.39 is 19.9 Å². The summed E-state index contributed by atoms with van der Waals surface area (Å²) in [6.07, 6.45) is 2.19. The van der Waals surface area contributed by atoms with Gasteiger partial charge in [0.2, 0.25) is 5.16 Å². The minimum atomic E-state index is -4.05.